The van der Waals surface area contributed by atoms with Gasteiger partial charge >= 0.3 is 0 Å². The van der Waals surface area contributed by atoms with Crippen molar-refractivity contribution in [2.24, 2.45) is 0 Å². The summed E-state index contributed by atoms with van der Waals surface area (Å²) in [6.45, 7) is 4.35. The van der Waals surface area contributed by atoms with Crippen LogP contribution < -0.4 is 14.8 Å². The summed E-state index contributed by atoms with van der Waals surface area (Å²) in [6.07, 6.45) is 1.79. The van der Waals surface area contributed by atoms with Gasteiger partial charge in [-0.2, -0.15) is 0 Å². The molecule has 9 heteroatoms. The predicted molar refractivity (Wildman–Crippen MR) is 109 cm³/mol. The average molecular weight is 407 g/mol. The smallest absolute Gasteiger partial charge is 0.206 e. The van der Waals surface area contributed by atoms with Crippen LogP contribution in [0.25, 0.3) is 10.6 Å². The van der Waals surface area contributed by atoms with E-state index in [0.717, 1.165) is 43.0 Å². The highest BCUT2D eigenvalue weighted by atomic mass is 32.2. The van der Waals surface area contributed by atoms with Gasteiger partial charge in [-0.25, -0.2) is 4.98 Å². The Hall–Kier alpha value is -2.10. The Morgan fingerprint density at radius 3 is 2.92 bits per heavy atom. The van der Waals surface area contributed by atoms with E-state index in [-0.39, 0.29) is 0 Å². The van der Waals surface area contributed by atoms with Crippen LogP contribution in [0.15, 0.2) is 40.6 Å². The van der Waals surface area contributed by atoms with Crippen LogP contribution >= 0.6 is 34.4 Å². The lowest BCUT2D eigenvalue weighted by molar-refractivity contribution is 0.395. The maximum atomic E-state index is 5.47. The Bertz CT molecular complexity index is 879. The van der Waals surface area contributed by atoms with Crippen molar-refractivity contribution in [3.8, 4) is 22.1 Å². The molecule has 3 rings (SSSR count). The molecule has 0 aliphatic carbocycles. The van der Waals surface area contributed by atoms with E-state index < -0.39 is 0 Å². The molecule has 0 unspecified atom stereocenters. The fraction of sp³-hybridized carbons (Fsp3) is 0.235. The van der Waals surface area contributed by atoms with Crippen molar-refractivity contribution in [2.45, 2.75) is 10.1 Å². The van der Waals surface area contributed by atoms with E-state index in [1.54, 1.807) is 43.4 Å². The number of anilines is 1. The van der Waals surface area contributed by atoms with Crippen molar-refractivity contribution in [2.75, 3.05) is 26.1 Å². The van der Waals surface area contributed by atoms with Crippen LogP contribution in [0.5, 0.6) is 11.5 Å². The fourth-order valence-electron chi connectivity index (χ4n) is 2.11. The molecule has 0 amide bonds. The molecule has 3 aromatic rings. The van der Waals surface area contributed by atoms with E-state index >= 15 is 0 Å². The van der Waals surface area contributed by atoms with Gasteiger partial charge in [0.25, 0.3) is 0 Å². The van der Waals surface area contributed by atoms with E-state index in [4.69, 9.17) is 14.5 Å². The molecule has 26 heavy (non-hydrogen) atoms. The van der Waals surface area contributed by atoms with Crippen molar-refractivity contribution < 1.29 is 9.47 Å². The Labute approximate surface area is 164 Å². The molecule has 1 aromatic carbocycles. The van der Waals surface area contributed by atoms with Crippen LogP contribution in [0, 0.1) is 0 Å². The van der Waals surface area contributed by atoms with Gasteiger partial charge in [0.1, 0.15) is 16.5 Å². The number of thiazole rings is 1. The van der Waals surface area contributed by atoms with Crippen LogP contribution in [-0.2, 0) is 5.75 Å². The quantitative estimate of drug-likeness (QED) is 0.412. The van der Waals surface area contributed by atoms with E-state index in [1.165, 1.54) is 11.3 Å². The van der Waals surface area contributed by atoms with E-state index in [2.05, 4.69) is 27.5 Å². The average Bonchev–Trinajstić information content (AvgIpc) is 3.33. The van der Waals surface area contributed by atoms with Crippen molar-refractivity contribution in [1.29, 1.82) is 0 Å². The molecule has 0 fully saturated rings. The summed E-state index contributed by atoms with van der Waals surface area (Å²) in [5.74, 6) is 2.25. The normalized spacial score (nSPS) is 10.5. The summed E-state index contributed by atoms with van der Waals surface area (Å²) in [5.41, 5.74) is 1.96. The van der Waals surface area contributed by atoms with Crippen LogP contribution in [0.4, 0.5) is 5.13 Å². The molecule has 2 aromatic heterocycles. The van der Waals surface area contributed by atoms with Gasteiger partial charge in [0.15, 0.2) is 4.34 Å². The highest BCUT2D eigenvalue weighted by Crippen LogP contribution is 2.36. The standard InChI is InChI=1S/C17H18N4O2S3/c1-4-7-18-16-20-21-17(26-16)25-10-11-9-24-15(19-11)13-6-5-12(22-2)8-14(13)23-3/h4-6,8-9H,1,7,10H2,2-3H3,(H,18,20). The molecule has 0 aliphatic rings. The molecule has 2 heterocycles. The van der Waals surface area contributed by atoms with Gasteiger partial charge in [-0.3, -0.25) is 0 Å². The first-order valence-corrected chi connectivity index (χ1v) is 10.4. The summed E-state index contributed by atoms with van der Waals surface area (Å²) in [4.78, 5) is 4.72. The molecule has 1 N–H and O–H groups in total. The topological polar surface area (TPSA) is 69.2 Å². The summed E-state index contributed by atoms with van der Waals surface area (Å²) in [5, 5.41) is 15.2. The zero-order valence-electron chi connectivity index (χ0n) is 14.4. The minimum Gasteiger partial charge on any atom is -0.497 e. The second kappa shape index (κ2) is 9.02. The zero-order chi connectivity index (χ0) is 18.4. The van der Waals surface area contributed by atoms with Crippen LogP contribution in [-0.4, -0.2) is 35.9 Å². The van der Waals surface area contributed by atoms with Gasteiger partial charge in [-0.05, 0) is 12.1 Å². The second-order valence-corrected chi connectivity index (χ2v) is 8.10. The number of hydrogen-bond acceptors (Lipinski definition) is 9. The third kappa shape index (κ3) is 4.54. The number of aromatic nitrogens is 3. The highest BCUT2D eigenvalue weighted by molar-refractivity contribution is 8.00. The SMILES string of the molecule is C=CCNc1nnc(SCc2csc(-c3ccc(OC)cc3OC)n2)s1. The largest absolute Gasteiger partial charge is 0.497 e. The monoisotopic (exact) mass is 406 g/mol. The minimum absolute atomic E-state index is 0.679. The lowest BCUT2D eigenvalue weighted by atomic mass is 10.2. The molecule has 136 valence electrons. The second-order valence-electron chi connectivity index (χ2n) is 5.04. The molecule has 0 saturated carbocycles. The molecule has 0 bridgehead atoms. The van der Waals surface area contributed by atoms with E-state index in [0.29, 0.717) is 6.54 Å². The third-order valence-corrected chi connectivity index (χ3v) is 6.31. The van der Waals surface area contributed by atoms with Crippen molar-refractivity contribution >= 4 is 39.6 Å². The minimum atomic E-state index is 0.679. The van der Waals surface area contributed by atoms with Gasteiger partial charge in [-0.15, -0.1) is 28.1 Å². The molecule has 0 aliphatic heterocycles. The maximum absolute atomic E-state index is 5.47. The van der Waals surface area contributed by atoms with E-state index in [9.17, 15) is 0 Å². The number of rotatable bonds is 9. The molecule has 6 nitrogen and oxygen atoms in total. The Kier molecular flexibility index (Phi) is 6.48. The van der Waals surface area contributed by atoms with Crippen LogP contribution in [0.1, 0.15) is 5.69 Å². The van der Waals surface area contributed by atoms with Gasteiger partial charge < -0.3 is 14.8 Å². The number of methoxy groups -OCH3 is 2. The number of nitrogens with zero attached hydrogens (tertiary/aromatic N) is 3. The fourth-order valence-corrected chi connectivity index (χ4v) is 4.71. The van der Waals surface area contributed by atoms with Crippen molar-refractivity contribution in [3.05, 3.63) is 41.9 Å². The molecule has 0 saturated heterocycles. The van der Waals surface area contributed by atoms with Gasteiger partial charge in [-0.1, -0.05) is 29.2 Å². The Balaban J connectivity index is 1.66. The summed E-state index contributed by atoms with van der Waals surface area (Å²) < 4.78 is 11.6. The van der Waals surface area contributed by atoms with Crippen LogP contribution in [0.3, 0.4) is 0 Å². The Morgan fingerprint density at radius 2 is 2.15 bits per heavy atom. The zero-order valence-corrected chi connectivity index (χ0v) is 16.8. The van der Waals surface area contributed by atoms with Crippen molar-refractivity contribution in [3.63, 3.8) is 0 Å². The summed E-state index contributed by atoms with van der Waals surface area (Å²) >= 11 is 4.75. The third-order valence-electron chi connectivity index (χ3n) is 3.34. The van der Waals surface area contributed by atoms with Gasteiger partial charge in [0.05, 0.1) is 25.5 Å². The van der Waals surface area contributed by atoms with Crippen LogP contribution in [0.2, 0.25) is 0 Å². The first kappa shape index (κ1) is 18.7. The van der Waals surface area contributed by atoms with E-state index in [1.807, 2.05) is 18.2 Å². The summed E-state index contributed by atoms with van der Waals surface area (Å²) in [6, 6.07) is 5.74. The predicted octanol–water partition coefficient (Wildman–Crippen LogP) is 4.57. The highest BCUT2D eigenvalue weighted by Gasteiger charge is 2.12. The molecule has 0 radical (unpaired) electrons. The molecular formula is C17H18N4O2S3. The first-order chi connectivity index (χ1) is 12.7. The lowest BCUT2D eigenvalue weighted by Crippen LogP contribution is -1.96. The molecule has 0 spiro atoms. The first-order valence-electron chi connectivity index (χ1n) is 7.71. The number of benzene rings is 1. The number of nitrogens with one attached hydrogen (secondary N) is 1. The maximum Gasteiger partial charge on any atom is 0.206 e. The Morgan fingerprint density at radius 1 is 1.27 bits per heavy atom. The summed E-state index contributed by atoms with van der Waals surface area (Å²) in [7, 11) is 3.29. The van der Waals surface area contributed by atoms with Gasteiger partial charge in [0, 0.05) is 23.7 Å². The molecule has 0 atom stereocenters. The number of thioether (sulfide) groups is 1. The van der Waals surface area contributed by atoms with Gasteiger partial charge in [0.2, 0.25) is 5.13 Å². The number of hydrogen-bond donors (Lipinski definition) is 1. The molecular weight excluding hydrogens is 388 g/mol. The van der Waals surface area contributed by atoms with Crippen molar-refractivity contribution in [1.82, 2.24) is 15.2 Å². The lowest BCUT2D eigenvalue weighted by Gasteiger charge is -2.08. The number of ether oxygens (including phenoxy) is 2.